The van der Waals surface area contributed by atoms with Crippen LogP contribution in [-0.2, 0) is 6.42 Å². The fraction of sp³-hybridized carbons (Fsp3) is 0.588. The molecule has 0 unspecified atom stereocenters. The monoisotopic (exact) mass is 274 g/mol. The first-order valence-corrected chi connectivity index (χ1v) is 7.74. The smallest absolute Gasteiger partial charge is 0.251 e. The molecular formula is C17H26N2O. The number of likely N-dealkylation sites (tertiary alicyclic amines) is 1. The molecule has 1 aromatic carbocycles. The first kappa shape index (κ1) is 15.0. The third-order valence-corrected chi connectivity index (χ3v) is 4.03. The van der Waals surface area contributed by atoms with Crippen LogP contribution in [0.3, 0.4) is 0 Å². The van der Waals surface area contributed by atoms with Crippen LogP contribution in [0.25, 0.3) is 0 Å². The molecule has 1 aromatic rings. The summed E-state index contributed by atoms with van der Waals surface area (Å²) in [6.45, 7) is 5.24. The van der Waals surface area contributed by atoms with Gasteiger partial charge in [0, 0.05) is 18.7 Å². The first-order valence-electron chi connectivity index (χ1n) is 7.74. The van der Waals surface area contributed by atoms with Crippen molar-refractivity contribution in [2.45, 2.75) is 32.6 Å². The Morgan fingerprint density at radius 1 is 1.35 bits per heavy atom. The number of carbonyl (C=O) groups excluding carboxylic acids is 1. The molecule has 1 N–H and O–H groups in total. The van der Waals surface area contributed by atoms with Gasteiger partial charge in [-0.1, -0.05) is 25.5 Å². The van der Waals surface area contributed by atoms with Crippen molar-refractivity contribution in [3.05, 3.63) is 35.4 Å². The number of amides is 1. The second-order valence-corrected chi connectivity index (χ2v) is 5.93. The highest BCUT2D eigenvalue weighted by atomic mass is 16.1. The highest BCUT2D eigenvalue weighted by molar-refractivity contribution is 5.94. The second-order valence-electron chi connectivity index (χ2n) is 5.93. The van der Waals surface area contributed by atoms with E-state index in [4.69, 9.17) is 0 Å². The summed E-state index contributed by atoms with van der Waals surface area (Å²) in [5.74, 6) is 0.651. The van der Waals surface area contributed by atoms with E-state index in [-0.39, 0.29) is 5.91 Å². The lowest BCUT2D eigenvalue weighted by Crippen LogP contribution is -2.39. The average molecular weight is 274 g/mol. The van der Waals surface area contributed by atoms with Crippen molar-refractivity contribution in [2.24, 2.45) is 5.92 Å². The Labute approximate surface area is 122 Å². The predicted molar refractivity (Wildman–Crippen MR) is 83.0 cm³/mol. The number of piperidine rings is 1. The van der Waals surface area contributed by atoms with Gasteiger partial charge < -0.3 is 10.2 Å². The minimum absolute atomic E-state index is 0.0567. The third kappa shape index (κ3) is 4.34. The van der Waals surface area contributed by atoms with Gasteiger partial charge in [-0.3, -0.25) is 4.79 Å². The molecular weight excluding hydrogens is 248 g/mol. The summed E-state index contributed by atoms with van der Waals surface area (Å²) in [5, 5.41) is 3.08. The molecule has 20 heavy (non-hydrogen) atoms. The van der Waals surface area contributed by atoms with E-state index >= 15 is 0 Å². The molecule has 1 amide bonds. The van der Waals surface area contributed by atoms with E-state index in [1.54, 1.807) is 0 Å². The lowest BCUT2D eigenvalue weighted by molar-refractivity contribution is 0.0937. The van der Waals surface area contributed by atoms with E-state index < -0.39 is 0 Å². The van der Waals surface area contributed by atoms with Gasteiger partial charge in [0.2, 0.25) is 0 Å². The van der Waals surface area contributed by atoms with Crippen molar-refractivity contribution in [3.8, 4) is 0 Å². The maximum Gasteiger partial charge on any atom is 0.251 e. The summed E-state index contributed by atoms with van der Waals surface area (Å²) in [7, 11) is 2.15. The van der Waals surface area contributed by atoms with Gasteiger partial charge in [0.1, 0.15) is 0 Å². The van der Waals surface area contributed by atoms with Crippen LogP contribution in [0.5, 0.6) is 0 Å². The van der Waals surface area contributed by atoms with Crippen LogP contribution in [0.2, 0.25) is 0 Å². The number of nitrogens with one attached hydrogen (secondary N) is 1. The Morgan fingerprint density at radius 3 is 2.75 bits per heavy atom. The fourth-order valence-electron chi connectivity index (χ4n) is 2.89. The predicted octanol–water partition coefficient (Wildman–Crippen LogP) is 2.71. The summed E-state index contributed by atoms with van der Waals surface area (Å²) in [4.78, 5) is 14.5. The zero-order valence-corrected chi connectivity index (χ0v) is 12.7. The molecule has 0 aromatic heterocycles. The van der Waals surface area contributed by atoms with Crippen LogP contribution in [0, 0.1) is 5.92 Å². The van der Waals surface area contributed by atoms with Crippen LogP contribution in [-0.4, -0.2) is 37.5 Å². The molecule has 0 bridgehead atoms. The number of benzene rings is 1. The summed E-state index contributed by atoms with van der Waals surface area (Å²) >= 11 is 0. The van der Waals surface area contributed by atoms with Crippen molar-refractivity contribution in [1.29, 1.82) is 0 Å². The number of carbonyl (C=O) groups is 1. The number of nitrogens with zero attached hydrogens (tertiary/aromatic N) is 1. The summed E-state index contributed by atoms with van der Waals surface area (Å²) < 4.78 is 0. The van der Waals surface area contributed by atoms with Crippen molar-refractivity contribution in [3.63, 3.8) is 0 Å². The molecule has 1 heterocycles. The minimum atomic E-state index is 0.0567. The normalized spacial score (nSPS) is 19.8. The van der Waals surface area contributed by atoms with E-state index in [9.17, 15) is 4.79 Å². The zero-order valence-electron chi connectivity index (χ0n) is 12.7. The highest BCUT2D eigenvalue weighted by Crippen LogP contribution is 2.14. The van der Waals surface area contributed by atoms with E-state index in [1.807, 2.05) is 12.1 Å². The molecule has 1 aliphatic rings. The van der Waals surface area contributed by atoms with Gasteiger partial charge in [0.05, 0.1) is 0 Å². The molecule has 2 rings (SSSR count). The highest BCUT2D eigenvalue weighted by Gasteiger charge is 2.17. The van der Waals surface area contributed by atoms with Crippen LogP contribution in [0.15, 0.2) is 24.3 Å². The Morgan fingerprint density at radius 2 is 2.10 bits per heavy atom. The molecule has 0 saturated carbocycles. The topological polar surface area (TPSA) is 32.3 Å². The summed E-state index contributed by atoms with van der Waals surface area (Å²) in [6, 6.07) is 8.00. The number of hydrogen-bond acceptors (Lipinski definition) is 2. The first-order chi connectivity index (χ1) is 9.69. The van der Waals surface area contributed by atoms with E-state index in [1.165, 1.54) is 24.9 Å². The molecule has 110 valence electrons. The average Bonchev–Trinajstić information content (AvgIpc) is 2.46. The Bertz CT molecular complexity index is 427. The van der Waals surface area contributed by atoms with Gasteiger partial charge in [-0.05, 0) is 56.5 Å². The fourth-order valence-corrected chi connectivity index (χ4v) is 2.89. The van der Waals surface area contributed by atoms with Gasteiger partial charge in [-0.2, -0.15) is 0 Å². The van der Waals surface area contributed by atoms with E-state index in [0.29, 0.717) is 5.92 Å². The molecule has 0 radical (unpaired) electrons. The Kier molecular flexibility index (Phi) is 5.60. The molecule has 1 saturated heterocycles. The molecule has 1 aliphatic heterocycles. The van der Waals surface area contributed by atoms with Crippen LogP contribution >= 0.6 is 0 Å². The van der Waals surface area contributed by atoms with Crippen molar-refractivity contribution in [1.82, 2.24) is 10.2 Å². The quantitative estimate of drug-likeness (QED) is 0.895. The minimum Gasteiger partial charge on any atom is -0.352 e. The van der Waals surface area contributed by atoms with Crippen LogP contribution in [0.1, 0.15) is 42.1 Å². The summed E-state index contributed by atoms with van der Waals surface area (Å²) in [6.07, 6.45) is 4.68. The number of aryl methyl sites for hydroxylation is 1. The molecule has 1 atom stereocenters. The second kappa shape index (κ2) is 7.44. The van der Waals surface area contributed by atoms with Gasteiger partial charge >= 0.3 is 0 Å². The van der Waals surface area contributed by atoms with Crippen molar-refractivity contribution in [2.75, 3.05) is 26.7 Å². The van der Waals surface area contributed by atoms with Crippen molar-refractivity contribution < 1.29 is 4.79 Å². The molecule has 0 spiro atoms. The molecule has 3 heteroatoms. The van der Waals surface area contributed by atoms with Gasteiger partial charge in [-0.15, -0.1) is 0 Å². The number of rotatable bonds is 5. The van der Waals surface area contributed by atoms with Crippen LogP contribution < -0.4 is 5.32 Å². The van der Waals surface area contributed by atoms with Crippen LogP contribution in [0.4, 0.5) is 0 Å². The molecule has 1 fully saturated rings. The van der Waals surface area contributed by atoms with Gasteiger partial charge in [0.25, 0.3) is 5.91 Å². The Hall–Kier alpha value is -1.35. The number of hydrogen-bond donors (Lipinski definition) is 1. The lowest BCUT2D eigenvalue weighted by Gasteiger charge is -2.29. The Balaban J connectivity index is 1.82. The standard InChI is InChI=1S/C17H26N2O/c1-3-5-14-7-9-16(10-8-14)17(20)18-12-15-6-4-11-19(2)13-15/h7-10,15H,3-6,11-13H2,1-2H3,(H,18,20)/t15-/m0/s1. The summed E-state index contributed by atoms with van der Waals surface area (Å²) in [5.41, 5.74) is 2.08. The maximum atomic E-state index is 12.1. The maximum absolute atomic E-state index is 12.1. The zero-order chi connectivity index (χ0) is 14.4. The molecule has 0 aliphatic carbocycles. The van der Waals surface area contributed by atoms with Gasteiger partial charge in [0.15, 0.2) is 0 Å². The largest absolute Gasteiger partial charge is 0.352 e. The van der Waals surface area contributed by atoms with Gasteiger partial charge in [-0.25, -0.2) is 0 Å². The molecule has 3 nitrogen and oxygen atoms in total. The SMILES string of the molecule is CCCc1ccc(C(=O)NC[C@@H]2CCCN(C)C2)cc1. The van der Waals surface area contributed by atoms with E-state index in [0.717, 1.165) is 31.5 Å². The van der Waals surface area contributed by atoms with E-state index in [2.05, 4.69) is 36.3 Å². The third-order valence-electron chi connectivity index (χ3n) is 4.03. The lowest BCUT2D eigenvalue weighted by atomic mass is 9.98. The van der Waals surface area contributed by atoms with Crippen molar-refractivity contribution >= 4 is 5.91 Å².